The number of rotatable bonds is 1. The fourth-order valence-electron chi connectivity index (χ4n) is 1.29. The summed E-state index contributed by atoms with van der Waals surface area (Å²) in [5.74, 6) is 0. The Labute approximate surface area is 114 Å². The largest absolute Gasteiger partial charge is 0.399 e. The van der Waals surface area contributed by atoms with Crippen LogP contribution in [0, 0.1) is 13.8 Å². The number of anilines is 1. The molecule has 0 saturated heterocycles. The summed E-state index contributed by atoms with van der Waals surface area (Å²) in [6.45, 7) is 4.19. The molecule has 0 aliphatic carbocycles. The number of nitrogen functional groups attached to an aromatic ring is 1. The summed E-state index contributed by atoms with van der Waals surface area (Å²) in [6.07, 6.45) is 0. The van der Waals surface area contributed by atoms with E-state index in [0.717, 1.165) is 0 Å². The highest BCUT2D eigenvalue weighted by Crippen LogP contribution is 2.08. The Morgan fingerprint density at radius 2 is 1.16 bits per heavy atom. The van der Waals surface area contributed by atoms with Crippen LogP contribution in [0.3, 0.4) is 0 Å². The van der Waals surface area contributed by atoms with E-state index in [1.54, 1.807) is 0 Å². The molecule has 0 radical (unpaired) electrons. The average molecular weight is 278 g/mol. The number of benzene rings is 2. The van der Waals surface area contributed by atoms with Gasteiger partial charge in [-0.3, -0.25) is 0 Å². The van der Waals surface area contributed by atoms with Gasteiger partial charge in [0.2, 0.25) is 10.0 Å². The third kappa shape index (κ3) is 5.54. The van der Waals surface area contributed by atoms with Crippen molar-refractivity contribution in [1.82, 2.24) is 0 Å². The van der Waals surface area contributed by atoms with E-state index in [1.165, 1.54) is 35.4 Å². The lowest BCUT2D eigenvalue weighted by atomic mass is 10.2. The van der Waals surface area contributed by atoms with Crippen LogP contribution in [-0.4, -0.2) is 8.42 Å². The SMILES string of the molecule is Cc1ccc(C)cc1.Nc1ccc(S(N)(=O)=O)cc1. The predicted octanol–water partition coefficient (Wildman–Crippen LogP) is 2.22. The molecule has 2 aromatic carbocycles. The summed E-state index contributed by atoms with van der Waals surface area (Å²) >= 11 is 0. The van der Waals surface area contributed by atoms with Crippen LogP contribution in [0.2, 0.25) is 0 Å². The lowest BCUT2D eigenvalue weighted by Crippen LogP contribution is -2.11. The molecule has 0 spiro atoms. The highest BCUT2D eigenvalue weighted by molar-refractivity contribution is 7.89. The zero-order valence-corrected chi connectivity index (χ0v) is 11.8. The number of hydrogen-bond donors (Lipinski definition) is 2. The lowest BCUT2D eigenvalue weighted by molar-refractivity contribution is 0.598. The van der Waals surface area contributed by atoms with Crippen molar-refractivity contribution in [3.05, 3.63) is 59.7 Å². The smallest absolute Gasteiger partial charge is 0.238 e. The molecule has 0 heterocycles. The highest BCUT2D eigenvalue weighted by Gasteiger charge is 2.04. The van der Waals surface area contributed by atoms with Crippen molar-refractivity contribution in [2.75, 3.05) is 5.73 Å². The minimum Gasteiger partial charge on any atom is -0.399 e. The maximum absolute atomic E-state index is 10.7. The van der Waals surface area contributed by atoms with Gasteiger partial charge in [0.25, 0.3) is 0 Å². The summed E-state index contributed by atoms with van der Waals surface area (Å²) < 4.78 is 21.4. The van der Waals surface area contributed by atoms with Crippen molar-refractivity contribution in [3.8, 4) is 0 Å². The molecule has 0 atom stereocenters. The zero-order valence-electron chi connectivity index (χ0n) is 11.0. The number of hydrogen-bond acceptors (Lipinski definition) is 3. The van der Waals surface area contributed by atoms with Gasteiger partial charge >= 0.3 is 0 Å². The topological polar surface area (TPSA) is 86.2 Å². The van der Waals surface area contributed by atoms with Gasteiger partial charge in [0.1, 0.15) is 0 Å². The van der Waals surface area contributed by atoms with E-state index in [9.17, 15) is 8.42 Å². The Morgan fingerprint density at radius 3 is 1.47 bits per heavy atom. The molecule has 4 nitrogen and oxygen atoms in total. The van der Waals surface area contributed by atoms with Gasteiger partial charge < -0.3 is 5.73 Å². The molecule has 0 unspecified atom stereocenters. The predicted molar refractivity (Wildman–Crippen MR) is 78.1 cm³/mol. The Bertz CT molecular complexity index is 597. The third-order valence-electron chi connectivity index (χ3n) is 2.43. The lowest BCUT2D eigenvalue weighted by Gasteiger charge is -1.96. The molecule has 102 valence electrons. The van der Waals surface area contributed by atoms with Gasteiger partial charge in [-0.15, -0.1) is 0 Å². The zero-order chi connectivity index (χ0) is 14.5. The van der Waals surface area contributed by atoms with E-state index in [2.05, 4.69) is 38.1 Å². The maximum atomic E-state index is 10.7. The van der Waals surface area contributed by atoms with E-state index < -0.39 is 10.0 Å². The summed E-state index contributed by atoms with van der Waals surface area (Å²) in [5, 5.41) is 4.84. The molecular weight excluding hydrogens is 260 g/mol. The molecule has 0 bridgehead atoms. The molecule has 0 aliphatic heterocycles. The second-order valence-electron chi connectivity index (χ2n) is 4.27. The van der Waals surface area contributed by atoms with E-state index >= 15 is 0 Å². The minimum absolute atomic E-state index is 0.0756. The highest BCUT2D eigenvalue weighted by atomic mass is 32.2. The van der Waals surface area contributed by atoms with Crippen molar-refractivity contribution >= 4 is 15.7 Å². The first kappa shape index (κ1) is 15.2. The molecule has 5 heteroatoms. The Hall–Kier alpha value is -1.85. The van der Waals surface area contributed by atoms with E-state index in [4.69, 9.17) is 10.9 Å². The minimum atomic E-state index is -3.58. The van der Waals surface area contributed by atoms with Gasteiger partial charge in [-0.05, 0) is 38.1 Å². The first-order valence-corrected chi connectivity index (χ1v) is 7.25. The van der Waals surface area contributed by atoms with Crippen molar-refractivity contribution in [2.45, 2.75) is 18.7 Å². The summed E-state index contributed by atoms with van der Waals surface area (Å²) in [5.41, 5.74) is 8.50. The molecule has 2 aromatic rings. The van der Waals surface area contributed by atoms with E-state index in [1.807, 2.05) is 0 Å². The monoisotopic (exact) mass is 278 g/mol. The van der Waals surface area contributed by atoms with Crippen molar-refractivity contribution in [2.24, 2.45) is 5.14 Å². The molecular formula is C14H18N2O2S. The fourth-order valence-corrected chi connectivity index (χ4v) is 1.81. The normalized spacial score (nSPS) is 10.5. The molecule has 0 aliphatic rings. The molecule has 19 heavy (non-hydrogen) atoms. The van der Waals surface area contributed by atoms with Crippen LogP contribution in [-0.2, 0) is 10.0 Å². The second-order valence-corrected chi connectivity index (χ2v) is 5.83. The summed E-state index contributed by atoms with van der Waals surface area (Å²) in [6, 6.07) is 14.2. The Kier molecular flexibility index (Phi) is 5.09. The van der Waals surface area contributed by atoms with Crippen molar-refractivity contribution in [1.29, 1.82) is 0 Å². The van der Waals surface area contributed by atoms with Gasteiger partial charge in [-0.25, -0.2) is 13.6 Å². The number of sulfonamides is 1. The second kappa shape index (κ2) is 6.36. The summed E-state index contributed by atoms with van der Waals surface area (Å²) in [4.78, 5) is 0.0756. The number of primary sulfonamides is 1. The van der Waals surface area contributed by atoms with Crippen LogP contribution < -0.4 is 10.9 Å². The maximum Gasteiger partial charge on any atom is 0.238 e. The van der Waals surface area contributed by atoms with Gasteiger partial charge in [0.05, 0.1) is 4.90 Å². The van der Waals surface area contributed by atoms with Crippen LogP contribution in [0.15, 0.2) is 53.4 Å². The number of nitrogens with two attached hydrogens (primary N) is 2. The molecule has 0 fully saturated rings. The Morgan fingerprint density at radius 1 is 0.789 bits per heavy atom. The third-order valence-corrected chi connectivity index (χ3v) is 3.36. The van der Waals surface area contributed by atoms with E-state index in [-0.39, 0.29) is 4.90 Å². The van der Waals surface area contributed by atoms with Crippen LogP contribution in [0.5, 0.6) is 0 Å². The first-order valence-electron chi connectivity index (χ1n) is 5.70. The van der Waals surface area contributed by atoms with Crippen LogP contribution in [0.25, 0.3) is 0 Å². The van der Waals surface area contributed by atoms with Gasteiger partial charge in [0.15, 0.2) is 0 Å². The number of aryl methyl sites for hydroxylation is 2. The molecule has 0 saturated carbocycles. The first-order chi connectivity index (χ1) is 8.79. The van der Waals surface area contributed by atoms with Crippen LogP contribution >= 0.6 is 0 Å². The van der Waals surface area contributed by atoms with Crippen molar-refractivity contribution < 1.29 is 8.42 Å². The fraction of sp³-hybridized carbons (Fsp3) is 0.143. The van der Waals surface area contributed by atoms with E-state index in [0.29, 0.717) is 5.69 Å². The quantitative estimate of drug-likeness (QED) is 0.784. The van der Waals surface area contributed by atoms with Gasteiger partial charge in [-0.2, -0.15) is 0 Å². The Balaban J connectivity index is 0.000000200. The van der Waals surface area contributed by atoms with Gasteiger partial charge in [0, 0.05) is 5.69 Å². The summed E-state index contributed by atoms with van der Waals surface area (Å²) in [7, 11) is -3.58. The van der Waals surface area contributed by atoms with Crippen LogP contribution in [0.1, 0.15) is 11.1 Å². The molecule has 0 aromatic heterocycles. The average Bonchev–Trinajstić information content (AvgIpc) is 2.33. The molecule has 2 rings (SSSR count). The standard InChI is InChI=1S/C8H10.C6H8N2O2S/c1-7-3-5-8(2)6-4-7;7-5-1-3-6(4-2-5)11(8,9)10/h3-6H,1-2H3;1-4H,7H2,(H2,8,9,10). The van der Waals surface area contributed by atoms with Gasteiger partial charge in [-0.1, -0.05) is 35.4 Å². The van der Waals surface area contributed by atoms with Crippen molar-refractivity contribution in [3.63, 3.8) is 0 Å². The molecule has 4 N–H and O–H groups in total. The van der Waals surface area contributed by atoms with Crippen LogP contribution in [0.4, 0.5) is 5.69 Å². The molecule has 0 amide bonds.